The van der Waals surface area contributed by atoms with Crippen LogP contribution in [0.3, 0.4) is 0 Å². The van der Waals surface area contributed by atoms with Crippen molar-refractivity contribution in [3.63, 3.8) is 0 Å². The lowest BCUT2D eigenvalue weighted by Crippen LogP contribution is -2.42. The lowest BCUT2D eigenvalue weighted by atomic mass is 9.81. The van der Waals surface area contributed by atoms with Crippen molar-refractivity contribution in [3.05, 3.63) is 34.6 Å². The van der Waals surface area contributed by atoms with Gasteiger partial charge < -0.3 is 5.32 Å². The minimum absolute atomic E-state index is 0.0652. The van der Waals surface area contributed by atoms with E-state index < -0.39 is 5.67 Å². The second-order valence-electron chi connectivity index (χ2n) is 5.23. The molecule has 18 heavy (non-hydrogen) atoms. The lowest BCUT2D eigenvalue weighted by molar-refractivity contribution is 0.0824. The van der Waals surface area contributed by atoms with E-state index in [1.807, 2.05) is 0 Å². The van der Waals surface area contributed by atoms with E-state index in [2.05, 4.69) is 5.32 Å². The summed E-state index contributed by atoms with van der Waals surface area (Å²) in [6, 6.07) is 4.30. The van der Waals surface area contributed by atoms with Crippen LogP contribution >= 0.6 is 11.6 Å². The summed E-state index contributed by atoms with van der Waals surface area (Å²) in [7, 11) is 0. The molecule has 0 radical (unpaired) electrons. The molecule has 0 saturated carbocycles. The van der Waals surface area contributed by atoms with Crippen molar-refractivity contribution in [1.82, 2.24) is 5.32 Å². The summed E-state index contributed by atoms with van der Waals surface area (Å²) in [4.78, 5) is 0. The standard InChI is InChI=1S/C14H18ClF2N/c1-14(17,11-3-2-6-18-9-11)8-10-7-12(15)4-5-13(10)16/h4-5,7,11,18H,2-3,6,8-9H2,1H3. The van der Waals surface area contributed by atoms with E-state index in [1.54, 1.807) is 6.92 Å². The topological polar surface area (TPSA) is 12.0 Å². The van der Waals surface area contributed by atoms with Gasteiger partial charge in [0.25, 0.3) is 0 Å². The molecule has 4 heteroatoms. The third-order valence-electron chi connectivity index (χ3n) is 3.69. The van der Waals surface area contributed by atoms with Crippen LogP contribution in [0, 0.1) is 11.7 Å². The molecule has 1 aromatic carbocycles. The van der Waals surface area contributed by atoms with Crippen LogP contribution in [0.25, 0.3) is 0 Å². The highest BCUT2D eigenvalue weighted by atomic mass is 35.5. The zero-order chi connectivity index (χ0) is 13.2. The van der Waals surface area contributed by atoms with Gasteiger partial charge in [-0.3, -0.25) is 0 Å². The summed E-state index contributed by atoms with van der Waals surface area (Å²) in [5.74, 6) is -0.448. The molecule has 100 valence electrons. The van der Waals surface area contributed by atoms with Gasteiger partial charge in [-0.05, 0) is 50.1 Å². The van der Waals surface area contributed by atoms with Gasteiger partial charge in [-0.25, -0.2) is 8.78 Å². The maximum Gasteiger partial charge on any atom is 0.126 e. The molecule has 1 fully saturated rings. The average Bonchev–Trinajstić information content (AvgIpc) is 2.35. The van der Waals surface area contributed by atoms with Crippen LogP contribution in [0.15, 0.2) is 18.2 Å². The SMILES string of the molecule is CC(F)(Cc1cc(Cl)ccc1F)C1CCCNC1. The van der Waals surface area contributed by atoms with Crippen molar-refractivity contribution in [1.29, 1.82) is 0 Å². The van der Waals surface area contributed by atoms with Gasteiger partial charge in [-0.2, -0.15) is 0 Å². The minimum atomic E-state index is -1.40. The fourth-order valence-corrected chi connectivity index (χ4v) is 2.76. The Kier molecular flexibility index (Phi) is 4.23. The molecule has 2 atom stereocenters. The number of rotatable bonds is 3. The van der Waals surface area contributed by atoms with Gasteiger partial charge >= 0.3 is 0 Å². The van der Waals surface area contributed by atoms with Gasteiger partial charge in [0.2, 0.25) is 0 Å². The van der Waals surface area contributed by atoms with Crippen molar-refractivity contribution in [2.45, 2.75) is 31.9 Å². The molecule has 0 amide bonds. The number of benzene rings is 1. The van der Waals surface area contributed by atoms with E-state index in [4.69, 9.17) is 11.6 Å². The Bertz CT molecular complexity index is 414. The molecule has 0 spiro atoms. The van der Waals surface area contributed by atoms with Crippen LogP contribution in [-0.4, -0.2) is 18.8 Å². The minimum Gasteiger partial charge on any atom is -0.316 e. The summed E-state index contributed by atoms with van der Waals surface area (Å²) >= 11 is 5.83. The lowest BCUT2D eigenvalue weighted by Gasteiger charge is -2.34. The average molecular weight is 274 g/mol. The first-order valence-electron chi connectivity index (χ1n) is 6.32. The van der Waals surface area contributed by atoms with Crippen molar-refractivity contribution in [2.75, 3.05) is 13.1 Å². The van der Waals surface area contributed by atoms with E-state index in [9.17, 15) is 8.78 Å². The van der Waals surface area contributed by atoms with Crippen LogP contribution in [-0.2, 0) is 6.42 Å². The predicted molar refractivity (Wildman–Crippen MR) is 70.2 cm³/mol. The Morgan fingerprint density at radius 2 is 2.28 bits per heavy atom. The fourth-order valence-electron chi connectivity index (χ4n) is 2.56. The molecular weight excluding hydrogens is 256 g/mol. The molecule has 0 aromatic heterocycles. The molecule has 0 bridgehead atoms. The summed E-state index contributed by atoms with van der Waals surface area (Å²) < 4.78 is 28.3. The summed E-state index contributed by atoms with van der Waals surface area (Å²) in [6.07, 6.45) is 1.90. The molecule has 0 aliphatic carbocycles. The van der Waals surface area contributed by atoms with Crippen molar-refractivity contribution in [3.8, 4) is 0 Å². The molecule has 1 nitrogen and oxygen atoms in total. The van der Waals surface area contributed by atoms with Crippen molar-refractivity contribution < 1.29 is 8.78 Å². The number of piperidine rings is 1. The molecular formula is C14H18ClF2N. The van der Waals surface area contributed by atoms with Crippen LogP contribution in [0.1, 0.15) is 25.3 Å². The third-order valence-corrected chi connectivity index (χ3v) is 3.93. The highest BCUT2D eigenvalue weighted by Crippen LogP contribution is 2.32. The van der Waals surface area contributed by atoms with Gasteiger partial charge in [0.05, 0.1) is 0 Å². The van der Waals surface area contributed by atoms with Gasteiger partial charge in [0, 0.05) is 23.9 Å². The summed E-state index contributed by atoms with van der Waals surface area (Å²) in [6.45, 7) is 3.16. The van der Waals surface area contributed by atoms with E-state index in [0.717, 1.165) is 19.4 Å². The van der Waals surface area contributed by atoms with Crippen LogP contribution in [0.4, 0.5) is 8.78 Å². The zero-order valence-electron chi connectivity index (χ0n) is 10.5. The first-order chi connectivity index (χ1) is 8.49. The van der Waals surface area contributed by atoms with Gasteiger partial charge in [0.15, 0.2) is 0 Å². The largest absolute Gasteiger partial charge is 0.316 e. The summed E-state index contributed by atoms with van der Waals surface area (Å²) in [5.41, 5.74) is -1.04. The van der Waals surface area contributed by atoms with Gasteiger partial charge in [-0.15, -0.1) is 0 Å². The first-order valence-corrected chi connectivity index (χ1v) is 6.70. The predicted octanol–water partition coefficient (Wildman–Crippen LogP) is 3.75. The Balaban J connectivity index is 2.13. The normalized spacial score (nSPS) is 23.7. The van der Waals surface area contributed by atoms with Crippen LogP contribution < -0.4 is 5.32 Å². The quantitative estimate of drug-likeness (QED) is 0.884. The van der Waals surface area contributed by atoms with E-state index in [0.29, 0.717) is 17.1 Å². The molecule has 1 aliphatic heterocycles. The van der Waals surface area contributed by atoms with Gasteiger partial charge in [-0.1, -0.05) is 11.6 Å². The molecule has 1 aliphatic rings. The van der Waals surface area contributed by atoms with Crippen molar-refractivity contribution >= 4 is 11.6 Å². The molecule has 1 saturated heterocycles. The Morgan fingerprint density at radius 3 is 2.94 bits per heavy atom. The second kappa shape index (κ2) is 5.54. The number of hydrogen-bond acceptors (Lipinski definition) is 1. The molecule has 1 aromatic rings. The number of alkyl halides is 1. The van der Waals surface area contributed by atoms with Crippen molar-refractivity contribution in [2.24, 2.45) is 5.92 Å². The number of nitrogens with one attached hydrogen (secondary N) is 1. The maximum atomic E-state index is 14.7. The molecule has 2 unspecified atom stereocenters. The second-order valence-corrected chi connectivity index (χ2v) is 5.67. The monoisotopic (exact) mass is 273 g/mol. The van der Waals surface area contributed by atoms with E-state index in [-0.39, 0.29) is 18.2 Å². The smallest absolute Gasteiger partial charge is 0.126 e. The number of halogens is 3. The zero-order valence-corrected chi connectivity index (χ0v) is 11.2. The molecule has 1 heterocycles. The maximum absolute atomic E-state index is 14.7. The Hall–Kier alpha value is -0.670. The highest BCUT2D eigenvalue weighted by Gasteiger charge is 2.35. The van der Waals surface area contributed by atoms with Crippen LogP contribution in [0.2, 0.25) is 5.02 Å². The highest BCUT2D eigenvalue weighted by molar-refractivity contribution is 6.30. The number of hydrogen-bond donors (Lipinski definition) is 1. The molecule has 1 N–H and O–H groups in total. The first kappa shape index (κ1) is 13.8. The van der Waals surface area contributed by atoms with Gasteiger partial charge in [0.1, 0.15) is 11.5 Å². The van der Waals surface area contributed by atoms with E-state index >= 15 is 0 Å². The fraction of sp³-hybridized carbons (Fsp3) is 0.571. The van der Waals surface area contributed by atoms with Crippen LogP contribution in [0.5, 0.6) is 0 Å². The Morgan fingerprint density at radius 1 is 1.50 bits per heavy atom. The molecule has 2 rings (SSSR count). The summed E-state index contributed by atoms with van der Waals surface area (Å²) in [5, 5.41) is 3.64. The third kappa shape index (κ3) is 3.21. The van der Waals surface area contributed by atoms with E-state index in [1.165, 1.54) is 18.2 Å². The Labute approximate surface area is 112 Å².